The molecule has 3 aromatic rings. The summed E-state index contributed by atoms with van der Waals surface area (Å²) in [5.41, 5.74) is 1.85. The van der Waals surface area contributed by atoms with Crippen LogP contribution >= 0.6 is 0 Å². The molecule has 0 N–H and O–H groups in total. The highest BCUT2D eigenvalue weighted by atomic mass is 16.4. The van der Waals surface area contributed by atoms with Crippen molar-refractivity contribution in [3.63, 3.8) is 0 Å². The van der Waals surface area contributed by atoms with Crippen LogP contribution in [0.3, 0.4) is 0 Å². The van der Waals surface area contributed by atoms with Gasteiger partial charge in [0.05, 0.1) is 24.5 Å². The smallest absolute Gasteiger partial charge is 0.289 e. The molecule has 4 rings (SSSR count). The Morgan fingerprint density at radius 1 is 1.22 bits per heavy atom. The van der Waals surface area contributed by atoms with Crippen LogP contribution < -0.4 is 0 Å². The van der Waals surface area contributed by atoms with E-state index in [0.29, 0.717) is 12.3 Å². The van der Waals surface area contributed by atoms with Crippen molar-refractivity contribution in [3.8, 4) is 0 Å². The number of hydrogen-bond acceptors (Lipinski definition) is 4. The van der Waals surface area contributed by atoms with Crippen molar-refractivity contribution in [1.29, 1.82) is 0 Å². The quantitative estimate of drug-likeness (QED) is 0.690. The van der Waals surface area contributed by atoms with E-state index in [1.165, 1.54) is 19.3 Å². The fourth-order valence-corrected chi connectivity index (χ4v) is 3.78. The maximum Gasteiger partial charge on any atom is 0.289 e. The van der Waals surface area contributed by atoms with Gasteiger partial charge in [-0.3, -0.25) is 9.69 Å². The van der Waals surface area contributed by atoms with Crippen LogP contribution in [0.2, 0.25) is 0 Å². The molecule has 1 aliphatic rings. The van der Waals surface area contributed by atoms with Gasteiger partial charge < -0.3 is 13.7 Å². The third-order valence-corrected chi connectivity index (χ3v) is 5.43. The normalized spacial score (nSPS) is 16.5. The van der Waals surface area contributed by atoms with E-state index in [1.54, 1.807) is 18.0 Å². The Kier molecular flexibility index (Phi) is 4.99. The number of furan rings is 1. The second-order valence-electron chi connectivity index (χ2n) is 7.31. The van der Waals surface area contributed by atoms with Gasteiger partial charge in [-0.2, -0.15) is 0 Å². The molecule has 1 unspecified atom stereocenters. The Hall–Kier alpha value is -2.60. The molecule has 6 nitrogen and oxygen atoms in total. The van der Waals surface area contributed by atoms with E-state index in [2.05, 4.69) is 16.8 Å². The van der Waals surface area contributed by atoms with Crippen LogP contribution in [0, 0.1) is 0 Å². The van der Waals surface area contributed by atoms with Crippen LogP contribution in [0.15, 0.2) is 47.1 Å². The highest BCUT2D eigenvalue weighted by Crippen LogP contribution is 2.26. The van der Waals surface area contributed by atoms with Gasteiger partial charge in [0.2, 0.25) is 0 Å². The molecule has 0 aromatic carbocycles. The Bertz CT molecular complexity index is 923. The first kappa shape index (κ1) is 17.8. The molecule has 0 spiro atoms. The molecule has 3 aromatic heterocycles. The lowest BCUT2D eigenvalue weighted by Crippen LogP contribution is -2.32. The lowest BCUT2D eigenvalue weighted by atomic mass is 10.1. The second kappa shape index (κ2) is 7.56. The minimum absolute atomic E-state index is 0.113. The molecule has 1 saturated heterocycles. The first-order valence-electron chi connectivity index (χ1n) is 9.63. The highest BCUT2D eigenvalue weighted by molar-refractivity contribution is 5.91. The van der Waals surface area contributed by atoms with Crippen molar-refractivity contribution in [2.45, 2.75) is 38.8 Å². The summed E-state index contributed by atoms with van der Waals surface area (Å²) in [4.78, 5) is 21.3. The Balaban J connectivity index is 1.45. The number of rotatable bonds is 5. The number of carbonyl (C=O) groups is 1. The summed E-state index contributed by atoms with van der Waals surface area (Å²) >= 11 is 0. The lowest BCUT2D eigenvalue weighted by Gasteiger charge is -2.31. The number of hydrogen-bond donors (Lipinski definition) is 0. The van der Waals surface area contributed by atoms with Gasteiger partial charge in [0.25, 0.3) is 5.91 Å². The molecule has 1 aliphatic heterocycles. The van der Waals surface area contributed by atoms with Gasteiger partial charge in [-0.05, 0) is 57.1 Å². The van der Waals surface area contributed by atoms with Gasteiger partial charge in [0, 0.05) is 13.2 Å². The SMILES string of the molecule is CC(c1ccc(C(=O)N(C)Cc2cnc3ccccn23)o1)N1CCCCC1. The van der Waals surface area contributed by atoms with Crippen molar-refractivity contribution < 1.29 is 9.21 Å². The topological polar surface area (TPSA) is 54.0 Å². The summed E-state index contributed by atoms with van der Waals surface area (Å²) in [5, 5.41) is 0. The molecule has 0 bridgehead atoms. The Morgan fingerprint density at radius 3 is 2.85 bits per heavy atom. The zero-order chi connectivity index (χ0) is 18.8. The zero-order valence-electron chi connectivity index (χ0n) is 16.0. The molecule has 0 aliphatic carbocycles. The van der Waals surface area contributed by atoms with E-state index in [9.17, 15) is 4.79 Å². The van der Waals surface area contributed by atoms with E-state index < -0.39 is 0 Å². The summed E-state index contributed by atoms with van der Waals surface area (Å²) in [7, 11) is 1.79. The minimum atomic E-state index is -0.113. The largest absolute Gasteiger partial charge is 0.454 e. The zero-order valence-corrected chi connectivity index (χ0v) is 16.0. The Morgan fingerprint density at radius 2 is 2.04 bits per heavy atom. The van der Waals surface area contributed by atoms with Gasteiger partial charge in [-0.25, -0.2) is 4.98 Å². The van der Waals surface area contributed by atoms with Gasteiger partial charge >= 0.3 is 0 Å². The molecule has 1 amide bonds. The van der Waals surface area contributed by atoms with Gasteiger partial charge in [0.15, 0.2) is 5.76 Å². The number of amides is 1. The minimum Gasteiger partial charge on any atom is -0.454 e. The van der Waals surface area contributed by atoms with Gasteiger partial charge in [-0.1, -0.05) is 12.5 Å². The maximum atomic E-state index is 12.8. The van der Waals surface area contributed by atoms with Crippen LogP contribution in [-0.4, -0.2) is 45.2 Å². The lowest BCUT2D eigenvalue weighted by molar-refractivity contribution is 0.0743. The molecule has 1 atom stereocenters. The van der Waals surface area contributed by atoms with Crippen LogP contribution in [0.1, 0.15) is 54.2 Å². The number of aromatic nitrogens is 2. The number of nitrogens with zero attached hydrogens (tertiary/aromatic N) is 4. The van der Waals surface area contributed by atoms with E-state index in [4.69, 9.17) is 4.42 Å². The van der Waals surface area contributed by atoms with Gasteiger partial charge in [-0.15, -0.1) is 0 Å². The van der Waals surface area contributed by atoms with Crippen molar-refractivity contribution in [1.82, 2.24) is 19.2 Å². The predicted molar refractivity (Wildman–Crippen MR) is 104 cm³/mol. The molecule has 0 saturated carbocycles. The van der Waals surface area contributed by atoms with Crippen LogP contribution in [0.25, 0.3) is 5.65 Å². The van der Waals surface area contributed by atoms with E-state index in [0.717, 1.165) is 30.2 Å². The average molecular weight is 366 g/mol. The Labute approximate surface area is 159 Å². The third kappa shape index (κ3) is 3.62. The highest BCUT2D eigenvalue weighted by Gasteiger charge is 2.23. The molecule has 4 heterocycles. The number of fused-ring (bicyclic) bond motifs is 1. The van der Waals surface area contributed by atoms with Gasteiger partial charge in [0.1, 0.15) is 11.4 Å². The predicted octanol–water partition coefficient (Wildman–Crippen LogP) is 3.75. The number of piperidine rings is 1. The molecule has 142 valence electrons. The molecular formula is C21H26N4O2. The summed E-state index contributed by atoms with van der Waals surface area (Å²) in [5.74, 6) is 1.15. The molecule has 27 heavy (non-hydrogen) atoms. The van der Waals surface area contributed by atoms with Crippen LogP contribution in [-0.2, 0) is 6.54 Å². The average Bonchev–Trinajstić information content (AvgIpc) is 3.35. The number of imidazole rings is 1. The fourth-order valence-electron chi connectivity index (χ4n) is 3.78. The number of likely N-dealkylation sites (tertiary alicyclic amines) is 1. The summed E-state index contributed by atoms with van der Waals surface area (Å²) in [6, 6.07) is 9.80. The second-order valence-corrected chi connectivity index (χ2v) is 7.31. The molecule has 1 fully saturated rings. The van der Waals surface area contributed by atoms with Crippen molar-refractivity contribution in [2.24, 2.45) is 0 Å². The fraction of sp³-hybridized carbons (Fsp3) is 0.429. The standard InChI is InChI=1S/C21H26N4O2/c1-16(24-11-5-3-6-12-24)18-9-10-19(27-18)21(26)23(2)15-17-14-22-20-8-4-7-13-25(17)20/h4,7-10,13-14,16H,3,5-6,11-12,15H2,1-2H3. The first-order chi connectivity index (χ1) is 13.1. The van der Waals surface area contributed by atoms with E-state index in [1.807, 2.05) is 41.1 Å². The maximum absolute atomic E-state index is 12.8. The monoisotopic (exact) mass is 366 g/mol. The summed E-state index contributed by atoms with van der Waals surface area (Å²) in [6.45, 7) is 4.82. The molecule has 0 radical (unpaired) electrons. The van der Waals surface area contributed by atoms with Crippen molar-refractivity contribution >= 4 is 11.6 Å². The summed E-state index contributed by atoms with van der Waals surface area (Å²) in [6.07, 6.45) is 7.54. The molecular weight excluding hydrogens is 340 g/mol. The summed E-state index contributed by atoms with van der Waals surface area (Å²) < 4.78 is 7.93. The van der Waals surface area contributed by atoms with E-state index in [-0.39, 0.29) is 11.9 Å². The molecule has 6 heteroatoms. The van der Waals surface area contributed by atoms with Crippen LogP contribution in [0.4, 0.5) is 0 Å². The first-order valence-corrected chi connectivity index (χ1v) is 9.63. The van der Waals surface area contributed by atoms with Crippen molar-refractivity contribution in [3.05, 3.63) is 59.9 Å². The van der Waals surface area contributed by atoms with Crippen molar-refractivity contribution in [2.75, 3.05) is 20.1 Å². The number of carbonyl (C=O) groups excluding carboxylic acids is 1. The van der Waals surface area contributed by atoms with Crippen LogP contribution in [0.5, 0.6) is 0 Å². The van der Waals surface area contributed by atoms with E-state index >= 15 is 0 Å². The third-order valence-electron chi connectivity index (χ3n) is 5.43. The number of pyridine rings is 1.